The minimum atomic E-state index is -0.735. The monoisotopic (exact) mass is 237 g/mol. The van der Waals surface area contributed by atoms with Gasteiger partial charge >= 0.3 is 5.97 Å². The Morgan fingerprint density at radius 3 is 2.65 bits per heavy atom. The summed E-state index contributed by atoms with van der Waals surface area (Å²) in [5.74, 6) is -0.735. The number of carbonyl (C=O) groups is 2. The maximum absolute atomic E-state index is 11.5. The summed E-state index contributed by atoms with van der Waals surface area (Å²) in [6, 6.07) is 2.29. The van der Waals surface area contributed by atoms with Crippen LogP contribution in [0.5, 0.6) is 0 Å². The largest absolute Gasteiger partial charge is 0.462 e. The third kappa shape index (κ3) is 2.66. The molecule has 0 atom stereocenters. The predicted molar refractivity (Wildman–Crippen MR) is 59.2 cm³/mol. The van der Waals surface area contributed by atoms with Crippen LogP contribution in [0.15, 0.2) is 12.1 Å². The molecule has 0 unspecified atom stereocenters. The molecule has 90 valence electrons. The molecule has 0 aliphatic heterocycles. The Bertz CT molecular complexity index is 481. The van der Waals surface area contributed by atoms with Gasteiger partial charge in [0.2, 0.25) is 0 Å². The van der Waals surface area contributed by atoms with E-state index >= 15 is 0 Å². The van der Waals surface area contributed by atoms with Crippen molar-refractivity contribution in [2.45, 2.75) is 13.8 Å². The highest BCUT2D eigenvalue weighted by atomic mass is 16.6. The lowest BCUT2D eigenvalue weighted by Crippen LogP contribution is -2.10. The van der Waals surface area contributed by atoms with Crippen molar-refractivity contribution in [2.75, 3.05) is 6.61 Å². The van der Waals surface area contributed by atoms with Crippen LogP contribution in [0.1, 0.15) is 33.2 Å². The number of nitrogens with zero attached hydrogens (tertiary/aromatic N) is 1. The van der Waals surface area contributed by atoms with E-state index in [0.29, 0.717) is 11.8 Å². The van der Waals surface area contributed by atoms with Crippen molar-refractivity contribution < 1.29 is 19.2 Å². The highest BCUT2D eigenvalue weighted by Crippen LogP contribution is 2.21. The van der Waals surface area contributed by atoms with Crippen LogP contribution in [0.4, 0.5) is 5.69 Å². The number of carbonyl (C=O) groups excluding carboxylic acids is 2. The third-order valence-electron chi connectivity index (χ3n) is 2.20. The number of nitro benzene ring substituents is 1. The van der Waals surface area contributed by atoms with E-state index in [1.807, 2.05) is 0 Å². The molecule has 1 aromatic carbocycles. The SMILES string of the molecule is CCOC(=O)c1cc([N+](=O)[O-])cc(C)c1C=O. The molecule has 0 saturated carbocycles. The molecule has 0 radical (unpaired) electrons. The van der Waals surface area contributed by atoms with Crippen molar-refractivity contribution in [3.63, 3.8) is 0 Å². The van der Waals surface area contributed by atoms with E-state index in [1.165, 1.54) is 13.0 Å². The molecule has 0 amide bonds. The smallest absolute Gasteiger partial charge is 0.339 e. The van der Waals surface area contributed by atoms with E-state index in [4.69, 9.17) is 4.74 Å². The number of hydrogen-bond acceptors (Lipinski definition) is 5. The van der Waals surface area contributed by atoms with Gasteiger partial charge in [-0.15, -0.1) is 0 Å². The maximum atomic E-state index is 11.5. The molecule has 0 N–H and O–H groups in total. The van der Waals surface area contributed by atoms with Crippen LogP contribution in [0.3, 0.4) is 0 Å². The lowest BCUT2D eigenvalue weighted by Gasteiger charge is -2.06. The summed E-state index contributed by atoms with van der Waals surface area (Å²) in [5, 5.41) is 10.7. The van der Waals surface area contributed by atoms with Gasteiger partial charge in [-0.3, -0.25) is 14.9 Å². The number of aryl methyl sites for hydroxylation is 1. The molecule has 1 aromatic rings. The third-order valence-corrected chi connectivity index (χ3v) is 2.20. The number of nitro groups is 1. The molecule has 0 saturated heterocycles. The van der Waals surface area contributed by atoms with Gasteiger partial charge in [-0.1, -0.05) is 0 Å². The summed E-state index contributed by atoms with van der Waals surface area (Å²) in [5.41, 5.74) is 0.177. The summed E-state index contributed by atoms with van der Waals surface area (Å²) < 4.78 is 4.74. The Labute approximate surface area is 97.3 Å². The Morgan fingerprint density at radius 2 is 2.18 bits per heavy atom. The topological polar surface area (TPSA) is 86.5 Å². The summed E-state index contributed by atoms with van der Waals surface area (Å²) in [6.07, 6.45) is 0.491. The molecule has 0 aliphatic rings. The fourth-order valence-corrected chi connectivity index (χ4v) is 1.42. The van der Waals surface area contributed by atoms with Gasteiger partial charge < -0.3 is 4.74 Å². The van der Waals surface area contributed by atoms with Gasteiger partial charge in [0, 0.05) is 17.7 Å². The van der Waals surface area contributed by atoms with Crippen molar-refractivity contribution in [1.82, 2.24) is 0 Å². The van der Waals surface area contributed by atoms with Crippen molar-refractivity contribution >= 4 is 17.9 Å². The molecule has 0 bridgehead atoms. The molecule has 0 spiro atoms. The quantitative estimate of drug-likeness (QED) is 0.345. The number of esters is 1. The van der Waals surface area contributed by atoms with Crippen LogP contribution in [0.25, 0.3) is 0 Å². The minimum absolute atomic E-state index is 0.0754. The molecule has 0 aromatic heterocycles. The van der Waals surface area contributed by atoms with E-state index in [2.05, 4.69) is 0 Å². The zero-order chi connectivity index (χ0) is 13.0. The number of hydrogen-bond donors (Lipinski definition) is 0. The molecule has 1 rings (SSSR count). The van der Waals surface area contributed by atoms with Crippen LogP contribution in [0, 0.1) is 17.0 Å². The summed E-state index contributed by atoms with van der Waals surface area (Å²) in [6.45, 7) is 3.28. The number of ether oxygens (including phenoxy) is 1. The summed E-state index contributed by atoms with van der Waals surface area (Å²) in [4.78, 5) is 32.4. The first-order valence-electron chi connectivity index (χ1n) is 4.92. The van der Waals surface area contributed by atoms with Gasteiger partial charge in [-0.05, 0) is 19.4 Å². The van der Waals surface area contributed by atoms with Gasteiger partial charge in [-0.2, -0.15) is 0 Å². The first kappa shape index (κ1) is 12.8. The normalized spacial score (nSPS) is 9.76. The summed E-state index contributed by atoms with van der Waals surface area (Å²) in [7, 11) is 0. The molecule has 0 fully saturated rings. The summed E-state index contributed by atoms with van der Waals surface area (Å²) >= 11 is 0. The molecule has 17 heavy (non-hydrogen) atoms. The second-order valence-corrected chi connectivity index (χ2v) is 3.32. The number of non-ortho nitro benzene ring substituents is 1. The van der Waals surface area contributed by atoms with Crippen LogP contribution < -0.4 is 0 Å². The molecule has 6 heteroatoms. The van der Waals surface area contributed by atoms with Gasteiger partial charge in [0.25, 0.3) is 5.69 Å². The van der Waals surface area contributed by atoms with Gasteiger partial charge in [0.15, 0.2) is 6.29 Å². The minimum Gasteiger partial charge on any atom is -0.462 e. The van der Waals surface area contributed by atoms with Crippen molar-refractivity contribution in [1.29, 1.82) is 0 Å². The molecule has 6 nitrogen and oxygen atoms in total. The van der Waals surface area contributed by atoms with Crippen LogP contribution >= 0.6 is 0 Å². The van der Waals surface area contributed by atoms with E-state index in [1.54, 1.807) is 6.92 Å². The van der Waals surface area contributed by atoms with Gasteiger partial charge in [-0.25, -0.2) is 4.79 Å². The first-order chi connectivity index (χ1) is 8.01. The van der Waals surface area contributed by atoms with E-state index in [-0.39, 0.29) is 23.4 Å². The van der Waals surface area contributed by atoms with Crippen molar-refractivity contribution in [3.05, 3.63) is 38.9 Å². The predicted octanol–water partition coefficient (Wildman–Crippen LogP) is 1.89. The lowest BCUT2D eigenvalue weighted by atomic mass is 10.0. The van der Waals surface area contributed by atoms with Crippen LogP contribution in [-0.2, 0) is 4.74 Å². The Morgan fingerprint density at radius 1 is 1.53 bits per heavy atom. The van der Waals surface area contributed by atoms with Gasteiger partial charge in [0.1, 0.15) is 0 Å². The average molecular weight is 237 g/mol. The highest BCUT2D eigenvalue weighted by Gasteiger charge is 2.19. The van der Waals surface area contributed by atoms with E-state index in [9.17, 15) is 19.7 Å². The lowest BCUT2D eigenvalue weighted by molar-refractivity contribution is -0.384. The van der Waals surface area contributed by atoms with Crippen molar-refractivity contribution in [3.8, 4) is 0 Å². The molecular weight excluding hydrogens is 226 g/mol. The molecule has 0 heterocycles. The number of rotatable bonds is 4. The van der Waals surface area contributed by atoms with Crippen LogP contribution in [0.2, 0.25) is 0 Å². The molecular formula is C11H11NO5. The Balaban J connectivity index is 3.38. The highest BCUT2D eigenvalue weighted by molar-refractivity contribution is 5.99. The van der Waals surface area contributed by atoms with E-state index in [0.717, 1.165) is 6.07 Å². The number of benzene rings is 1. The van der Waals surface area contributed by atoms with Crippen LogP contribution in [-0.4, -0.2) is 23.8 Å². The fraction of sp³-hybridized carbons (Fsp3) is 0.273. The first-order valence-corrected chi connectivity index (χ1v) is 4.92. The number of aldehydes is 1. The van der Waals surface area contributed by atoms with Gasteiger partial charge in [0.05, 0.1) is 17.1 Å². The Kier molecular flexibility index (Phi) is 3.92. The van der Waals surface area contributed by atoms with Crippen molar-refractivity contribution in [2.24, 2.45) is 0 Å². The zero-order valence-electron chi connectivity index (χ0n) is 9.43. The zero-order valence-corrected chi connectivity index (χ0v) is 9.43. The fourth-order valence-electron chi connectivity index (χ4n) is 1.42. The maximum Gasteiger partial charge on any atom is 0.339 e. The average Bonchev–Trinajstić information content (AvgIpc) is 2.28. The standard InChI is InChI=1S/C11H11NO5/c1-3-17-11(14)9-5-8(12(15)16)4-7(2)10(9)6-13/h4-6H,3H2,1-2H3. The second kappa shape index (κ2) is 5.20. The Hall–Kier alpha value is -2.24. The molecule has 0 aliphatic carbocycles. The second-order valence-electron chi connectivity index (χ2n) is 3.32. The van der Waals surface area contributed by atoms with E-state index < -0.39 is 10.9 Å².